The van der Waals surface area contributed by atoms with Crippen molar-refractivity contribution >= 4 is 35.8 Å². The number of hydrogen-bond acceptors (Lipinski definition) is 3. The molecule has 0 spiro atoms. The van der Waals surface area contributed by atoms with E-state index in [1.165, 1.54) is 0 Å². The Morgan fingerprint density at radius 1 is 1.11 bits per heavy atom. The predicted octanol–water partition coefficient (Wildman–Crippen LogP) is 2.76. The number of methoxy groups -OCH3 is 1. The fraction of sp³-hybridized carbons (Fsp3) is 0.333. The van der Waals surface area contributed by atoms with Crippen molar-refractivity contribution in [2.75, 3.05) is 34.3 Å². The number of benzene rings is 2. The average Bonchev–Trinajstić information content (AvgIpc) is 2.73. The Balaban J connectivity index is 0.00000392. The van der Waals surface area contributed by atoms with Gasteiger partial charge in [0.1, 0.15) is 0 Å². The van der Waals surface area contributed by atoms with Gasteiger partial charge in [-0.2, -0.15) is 0 Å². The molecule has 0 saturated heterocycles. The molecule has 152 valence electrons. The number of rotatable bonds is 8. The largest absolute Gasteiger partial charge is 0.375 e. The molecule has 2 rings (SSSR count). The molecule has 0 heterocycles. The molecule has 1 amide bonds. The minimum atomic E-state index is -0.0752. The van der Waals surface area contributed by atoms with Crippen molar-refractivity contribution in [2.24, 2.45) is 4.99 Å². The Labute approximate surface area is 184 Å². The average molecular weight is 496 g/mol. The molecule has 28 heavy (non-hydrogen) atoms. The number of nitrogens with zero attached hydrogens (tertiary/aromatic N) is 1. The maximum absolute atomic E-state index is 11.7. The number of aliphatic imine (C=N–C) groups is 1. The van der Waals surface area contributed by atoms with Crippen LogP contribution in [0.15, 0.2) is 59.6 Å². The summed E-state index contributed by atoms with van der Waals surface area (Å²) in [6.07, 6.45) is 0.742. The second-order valence-electron chi connectivity index (χ2n) is 6.04. The molecule has 1 atom stereocenters. The van der Waals surface area contributed by atoms with Crippen molar-refractivity contribution in [1.82, 2.24) is 16.0 Å². The van der Waals surface area contributed by atoms with Gasteiger partial charge in [-0.25, -0.2) is 0 Å². The topological polar surface area (TPSA) is 74.8 Å². The van der Waals surface area contributed by atoms with Crippen LogP contribution in [0, 0.1) is 0 Å². The van der Waals surface area contributed by atoms with Gasteiger partial charge >= 0.3 is 0 Å². The van der Waals surface area contributed by atoms with Crippen molar-refractivity contribution < 1.29 is 9.53 Å². The highest BCUT2D eigenvalue weighted by Gasteiger charge is 2.10. The molecule has 0 bridgehead atoms. The lowest BCUT2D eigenvalue weighted by Gasteiger charge is -2.18. The summed E-state index contributed by atoms with van der Waals surface area (Å²) in [6, 6.07) is 17.7. The molecule has 3 N–H and O–H groups in total. The highest BCUT2D eigenvalue weighted by molar-refractivity contribution is 14.0. The number of guanidine groups is 1. The molecule has 0 aliphatic heterocycles. The third-order valence-electron chi connectivity index (χ3n) is 4.26. The van der Waals surface area contributed by atoms with Gasteiger partial charge in [0.15, 0.2) is 5.96 Å². The van der Waals surface area contributed by atoms with Crippen LogP contribution in [0.25, 0.3) is 0 Å². The molecule has 2 aromatic rings. The molecule has 6 nitrogen and oxygen atoms in total. The molecule has 0 saturated carbocycles. The highest BCUT2D eigenvalue weighted by atomic mass is 127. The molecule has 0 aliphatic rings. The van der Waals surface area contributed by atoms with E-state index in [0.29, 0.717) is 18.7 Å². The van der Waals surface area contributed by atoms with Crippen LogP contribution < -0.4 is 16.0 Å². The van der Waals surface area contributed by atoms with E-state index in [2.05, 4.69) is 20.9 Å². The minimum Gasteiger partial charge on any atom is -0.375 e. The van der Waals surface area contributed by atoms with Crippen LogP contribution in [0.2, 0.25) is 0 Å². The molecule has 0 aromatic heterocycles. The van der Waals surface area contributed by atoms with Crippen molar-refractivity contribution in [3.8, 4) is 0 Å². The minimum absolute atomic E-state index is 0. The van der Waals surface area contributed by atoms with Crippen LogP contribution in [0.1, 0.15) is 27.6 Å². The lowest BCUT2D eigenvalue weighted by molar-refractivity contribution is 0.0963. The Morgan fingerprint density at radius 2 is 1.86 bits per heavy atom. The number of halogens is 1. The van der Waals surface area contributed by atoms with Crippen LogP contribution >= 0.6 is 24.0 Å². The number of hydrogen-bond donors (Lipinski definition) is 3. The van der Waals surface area contributed by atoms with E-state index >= 15 is 0 Å². The quantitative estimate of drug-likeness (QED) is 0.299. The first-order valence-electron chi connectivity index (χ1n) is 9.01. The normalized spacial score (nSPS) is 11.9. The summed E-state index contributed by atoms with van der Waals surface area (Å²) < 4.78 is 5.57. The van der Waals surface area contributed by atoms with Gasteiger partial charge in [-0.3, -0.25) is 9.79 Å². The Morgan fingerprint density at radius 3 is 2.50 bits per heavy atom. The van der Waals surface area contributed by atoms with E-state index in [0.717, 1.165) is 23.5 Å². The summed E-state index contributed by atoms with van der Waals surface area (Å²) in [5, 5.41) is 9.23. The van der Waals surface area contributed by atoms with Gasteiger partial charge in [-0.05, 0) is 29.7 Å². The molecular formula is C21H29IN4O2. The van der Waals surface area contributed by atoms with Gasteiger partial charge in [0, 0.05) is 39.9 Å². The zero-order chi connectivity index (χ0) is 19.5. The number of carbonyl (C=O) groups excluding carboxylic acids is 1. The van der Waals surface area contributed by atoms with Crippen molar-refractivity contribution in [1.29, 1.82) is 0 Å². The SMILES string of the molecule is CN=C(NCCc1cccc(C(=O)NC)c1)NCC(OC)c1ccccc1.I. The maximum Gasteiger partial charge on any atom is 0.251 e. The Kier molecular flexibility index (Phi) is 11.2. The van der Waals surface area contributed by atoms with Crippen molar-refractivity contribution in [3.63, 3.8) is 0 Å². The summed E-state index contributed by atoms with van der Waals surface area (Å²) >= 11 is 0. The first-order chi connectivity index (χ1) is 13.2. The number of carbonyl (C=O) groups is 1. The fourth-order valence-corrected chi connectivity index (χ4v) is 2.75. The Hall–Kier alpha value is -2.13. The van der Waals surface area contributed by atoms with E-state index in [9.17, 15) is 4.79 Å². The van der Waals surface area contributed by atoms with Crippen LogP contribution in [0.5, 0.6) is 0 Å². The van der Waals surface area contributed by atoms with Gasteiger partial charge in [0.05, 0.1) is 6.10 Å². The first-order valence-corrected chi connectivity index (χ1v) is 9.01. The third-order valence-corrected chi connectivity index (χ3v) is 4.26. The molecule has 0 fully saturated rings. The monoisotopic (exact) mass is 496 g/mol. The highest BCUT2D eigenvalue weighted by Crippen LogP contribution is 2.14. The number of ether oxygens (including phenoxy) is 1. The van der Waals surface area contributed by atoms with E-state index in [1.54, 1.807) is 21.2 Å². The second kappa shape index (κ2) is 13.1. The summed E-state index contributed by atoms with van der Waals surface area (Å²) in [7, 11) is 5.08. The fourth-order valence-electron chi connectivity index (χ4n) is 2.75. The van der Waals surface area contributed by atoms with Gasteiger partial charge in [-0.1, -0.05) is 42.5 Å². The molecule has 2 aromatic carbocycles. The number of nitrogens with one attached hydrogen (secondary N) is 3. The standard InChI is InChI=1S/C21H28N4O2.HI/c1-22-20(26)18-11-7-8-16(14-18)12-13-24-21(23-2)25-15-19(27-3)17-9-5-4-6-10-17;/h4-11,14,19H,12-13,15H2,1-3H3,(H,22,26)(H2,23,24,25);1H. The third kappa shape index (κ3) is 7.47. The summed E-state index contributed by atoms with van der Waals surface area (Å²) in [5.41, 5.74) is 2.88. The first kappa shape index (κ1) is 23.9. The Bertz CT molecular complexity index is 753. The summed E-state index contributed by atoms with van der Waals surface area (Å²) in [5.74, 6) is 0.643. The van der Waals surface area contributed by atoms with E-state index in [4.69, 9.17) is 4.74 Å². The van der Waals surface area contributed by atoms with Gasteiger partial charge in [0.2, 0.25) is 0 Å². The van der Waals surface area contributed by atoms with E-state index < -0.39 is 0 Å². The lowest BCUT2D eigenvalue weighted by Crippen LogP contribution is -2.40. The zero-order valence-electron chi connectivity index (χ0n) is 16.6. The van der Waals surface area contributed by atoms with Gasteiger partial charge in [-0.15, -0.1) is 24.0 Å². The predicted molar refractivity (Wildman–Crippen MR) is 125 cm³/mol. The van der Waals surface area contributed by atoms with Gasteiger partial charge < -0.3 is 20.7 Å². The smallest absolute Gasteiger partial charge is 0.251 e. The summed E-state index contributed by atoms with van der Waals surface area (Å²) in [6.45, 7) is 1.33. The van der Waals surface area contributed by atoms with Gasteiger partial charge in [0.25, 0.3) is 5.91 Å². The van der Waals surface area contributed by atoms with Crippen LogP contribution in [-0.4, -0.2) is 46.2 Å². The number of amides is 1. The molecule has 0 aliphatic carbocycles. The van der Waals surface area contributed by atoms with Crippen molar-refractivity contribution in [2.45, 2.75) is 12.5 Å². The molecule has 1 unspecified atom stereocenters. The van der Waals surface area contributed by atoms with Crippen LogP contribution in [0.3, 0.4) is 0 Å². The van der Waals surface area contributed by atoms with E-state index in [-0.39, 0.29) is 36.0 Å². The second-order valence-corrected chi connectivity index (χ2v) is 6.04. The zero-order valence-corrected chi connectivity index (χ0v) is 18.9. The molecule has 7 heteroatoms. The maximum atomic E-state index is 11.7. The van der Waals surface area contributed by atoms with Crippen molar-refractivity contribution in [3.05, 3.63) is 71.3 Å². The molecular weight excluding hydrogens is 467 g/mol. The van der Waals surface area contributed by atoms with E-state index in [1.807, 2.05) is 54.6 Å². The lowest BCUT2D eigenvalue weighted by atomic mass is 10.1. The molecule has 0 radical (unpaired) electrons. The van der Waals surface area contributed by atoms with Crippen LogP contribution in [-0.2, 0) is 11.2 Å². The summed E-state index contributed by atoms with van der Waals surface area (Å²) in [4.78, 5) is 16.0. The van der Waals surface area contributed by atoms with Crippen LogP contribution in [0.4, 0.5) is 0 Å².